The highest BCUT2D eigenvalue weighted by Gasteiger charge is 2.30. The number of phosphoric ester groups is 2. The second kappa shape index (κ2) is 82.6. The summed E-state index contributed by atoms with van der Waals surface area (Å²) in [6, 6.07) is 0. The first kappa shape index (κ1) is 106. The van der Waals surface area contributed by atoms with Crippen LogP contribution in [-0.4, -0.2) is 96.7 Å². The van der Waals surface area contributed by atoms with E-state index < -0.39 is 97.5 Å². The molecule has 0 aromatic carbocycles. The van der Waals surface area contributed by atoms with E-state index in [1.807, 2.05) is 18.2 Å². The first-order valence-corrected chi connectivity index (χ1v) is 45.3. The van der Waals surface area contributed by atoms with Crippen LogP contribution in [0.3, 0.4) is 0 Å². The number of carbonyl (C=O) groups is 4. The van der Waals surface area contributed by atoms with Gasteiger partial charge in [0.1, 0.15) is 19.3 Å². The van der Waals surface area contributed by atoms with Gasteiger partial charge in [-0.3, -0.25) is 37.3 Å². The van der Waals surface area contributed by atoms with Gasteiger partial charge in [-0.15, -0.1) is 0 Å². The second-order valence-electron chi connectivity index (χ2n) is 27.3. The Bertz CT molecular complexity index is 2940. The van der Waals surface area contributed by atoms with E-state index in [1.54, 1.807) is 0 Å². The van der Waals surface area contributed by atoms with Crippen LogP contribution in [0.5, 0.6) is 0 Å². The van der Waals surface area contributed by atoms with Crippen molar-refractivity contribution in [2.75, 3.05) is 39.6 Å². The lowest BCUT2D eigenvalue weighted by Crippen LogP contribution is -2.30. The first-order valence-electron chi connectivity index (χ1n) is 42.3. The van der Waals surface area contributed by atoms with E-state index in [4.69, 9.17) is 37.0 Å². The van der Waals surface area contributed by atoms with Crippen molar-refractivity contribution < 1.29 is 80.2 Å². The summed E-state index contributed by atoms with van der Waals surface area (Å²) < 4.78 is 68.7. The standard InChI is InChI=1S/C93H148O17P2/c1-5-9-13-17-21-25-29-33-37-40-43-46-50-53-57-61-65-69-73-77-90(95)103-83-88(109-92(97)79-75-71-67-63-59-55-49-36-32-28-24-20-16-12-8-4)85-107-111(99,100)105-81-87(94)82-106-112(101,102)108-86-89(110-93(98)80-76-72-68-64-60-56-52-48-45-42-39-35-31-27-23-19-15-11-7-3)84-104-91(96)78-74-70-66-62-58-54-51-47-44-41-38-34-30-26-22-18-14-10-6-2/h9-11,13-15,21-23,25-28,32-35,37-39,43-48,53-54,56-58,60,66,70,87-89,94H,5-8,12,16-20,24,29-31,36,40-42,49-52,55,59,61-65,67-69,71-86H2,1-4H3,(H,99,100)(H,101,102)/b13-9-,14-10-,15-11-,25-21-,26-22-,27-23-,32-28-,37-33-,38-34-,39-35-,46-43-,47-44-,48-45-,57-53-,58-54-,60-56-,70-66-/t87-,88+,89+/m0/s1. The zero-order valence-electron chi connectivity index (χ0n) is 69.3. The van der Waals surface area contributed by atoms with Crippen LogP contribution in [0, 0.1) is 0 Å². The molecule has 0 fully saturated rings. The molecule has 0 saturated carbocycles. The number of phosphoric acid groups is 2. The normalized spacial score (nSPS) is 14.8. The zero-order valence-corrected chi connectivity index (χ0v) is 71.0. The quantitative estimate of drug-likeness (QED) is 0.0169. The summed E-state index contributed by atoms with van der Waals surface area (Å²) in [5.41, 5.74) is 0. The second-order valence-corrected chi connectivity index (χ2v) is 30.2. The summed E-state index contributed by atoms with van der Waals surface area (Å²) in [4.78, 5) is 73.2. The summed E-state index contributed by atoms with van der Waals surface area (Å²) in [6.45, 7) is 4.34. The largest absolute Gasteiger partial charge is 0.472 e. The van der Waals surface area contributed by atoms with Gasteiger partial charge >= 0.3 is 39.5 Å². The number of aliphatic hydroxyl groups excluding tert-OH is 1. The molecule has 0 aliphatic heterocycles. The maximum Gasteiger partial charge on any atom is 0.472 e. The Morgan fingerprint density at radius 3 is 0.786 bits per heavy atom. The highest BCUT2D eigenvalue weighted by molar-refractivity contribution is 7.47. The molecule has 112 heavy (non-hydrogen) atoms. The third-order valence-electron chi connectivity index (χ3n) is 16.7. The summed E-state index contributed by atoms with van der Waals surface area (Å²) in [5, 5.41) is 10.7. The third kappa shape index (κ3) is 81.6. The summed E-state index contributed by atoms with van der Waals surface area (Å²) >= 11 is 0. The Morgan fingerprint density at radius 2 is 0.482 bits per heavy atom. The Hall–Kier alpha value is -6.36. The molecule has 5 atom stereocenters. The number of hydrogen-bond donors (Lipinski definition) is 3. The molecule has 0 aromatic heterocycles. The monoisotopic (exact) mass is 1600 g/mol. The van der Waals surface area contributed by atoms with Crippen molar-refractivity contribution in [3.05, 3.63) is 207 Å². The molecule has 0 rings (SSSR count). The van der Waals surface area contributed by atoms with Crippen molar-refractivity contribution in [2.24, 2.45) is 0 Å². The molecule has 632 valence electrons. The lowest BCUT2D eigenvalue weighted by molar-refractivity contribution is -0.161. The van der Waals surface area contributed by atoms with E-state index in [2.05, 4.69) is 216 Å². The summed E-state index contributed by atoms with van der Waals surface area (Å²) in [6.07, 6.45) is 104. The Labute approximate surface area is 678 Å². The first-order chi connectivity index (χ1) is 54.7. The lowest BCUT2D eigenvalue weighted by atomic mass is 10.1. The van der Waals surface area contributed by atoms with Crippen LogP contribution >= 0.6 is 15.6 Å². The summed E-state index contributed by atoms with van der Waals surface area (Å²) in [5.74, 6) is -2.37. The van der Waals surface area contributed by atoms with Gasteiger partial charge in [0.2, 0.25) is 0 Å². The van der Waals surface area contributed by atoms with E-state index in [9.17, 15) is 43.2 Å². The van der Waals surface area contributed by atoms with Gasteiger partial charge in [0.05, 0.1) is 26.4 Å². The zero-order chi connectivity index (χ0) is 81.7. The molecule has 0 aliphatic carbocycles. The molecule has 3 N–H and O–H groups in total. The third-order valence-corrected chi connectivity index (χ3v) is 18.6. The minimum atomic E-state index is -5.02. The fraction of sp³-hybridized carbons (Fsp3) is 0.591. The molecule has 0 radical (unpaired) electrons. The SMILES string of the molecule is CC/C=C\C/C=C\C/C=C\C/C=C\C/C=C\C/C=C\CCC(=O)OC[C@H](COP(=O)(O)OC[C@@H](O)COP(=O)(O)OC[C@@H](COC(=O)CCCCC/C=C\C/C=C\C/C=C\C/C=C\C/C=C\CC)OC(=O)CCCCCCCCC/C=C\CCCCCC)OC(=O)CCCCC/C=C\C/C=C\C/C=C\C/C=C\C/C=C\CC. The maximum absolute atomic E-state index is 13.1. The number of carbonyl (C=O) groups excluding carboxylic acids is 4. The molecule has 0 aromatic rings. The molecule has 0 saturated heterocycles. The molecule has 0 amide bonds. The van der Waals surface area contributed by atoms with Gasteiger partial charge in [-0.25, -0.2) is 9.13 Å². The number of allylic oxidation sites excluding steroid dienone is 34. The predicted octanol–water partition coefficient (Wildman–Crippen LogP) is 25.4. The van der Waals surface area contributed by atoms with Gasteiger partial charge in [0, 0.05) is 25.7 Å². The van der Waals surface area contributed by atoms with Gasteiger partial charge in [-0.1, -0.05) is 298 Å². The van der Waals surface area contributed by atoms with Crippen LogP contribution in [0.4, 0.5) is 0 Å². The molecule has 0 spiro atoms. The van der Waals surface area contributed by atoms with Crippen molar-refractivity contribution in [3.63, 3.8) is 0 Å². The predicted molar refractivity (Wildman–Crippen MR) is 463 cm³/mol. The van der Waals surface area contributed by atoms with Crippen LogP contribution in [0.2, 0.25) is 0 Å². The Balaban J connectivity index is 5.54. The van der Waals surface area contributed by atoms with Gasteiger partial charge in [-0.05, 0) is 180 Å². The molecule has 0 bridgehead atoms. The average molecular weight is 1600 g/mol. The van der Waals surface area contributed by atoms with Crippen LogP contribution in [0.1, 0.15) is 297 Å². The van der Waals surface area contributed by atoms with E-state index in [0.29, 0.717) is 32.1 Å². The number of rotatable bonds is 77. The number of ether oxygens (including phenoxy) is 4. The smallest absolute Gasteiger partial charge is 0.462 e. The van der Waals surface area contributed by atoms with E-state index in [1.165, 1.54) is 25.7 Å². The lowest BCUT2D eigenvalue weighted by Gasteiger charge is -2.21. The number of hydrogen-bond acceptors (Lipinski definition) is 15. The van der Waals surface area contributed by atoms with Gasteiger partial charge in [-0.2, -0.15) is 0 Å². The van der Waals surface area contributed by atoms with Crippen LogP contribution < -0.4 is 0 Å². The molecule has 2 unspecified atom stereocenters. The fourth-order valence-electron chi connectivity index (χ4n) is 10.4. The average Bonchev–Trinajstić information content (AvgIpc) is 0.898. The summed E-state index contributed by atoms with van der Waals surface area (Å²) in [7, 11) is -10.0. The number of aliphatic hydroxyl groups is 1. The van der Waals surface area contributed by atoms with Crippen LogP contribution in [-0.2, 0) is 65.4 Å². The van der Waals surface area contributed by atoms with Crippen molar-refractivity contribution in [1.82, 2.24) is 0 Å². The number of unbranched alkanes of at least 4 members (excludes halogenated alkanes) is 17. The van der Waals surface area contributed by atoms with E-state index in [-0.39, 0.29) is 25.7 Å². The van der Waals surface area contributed by atoms with Gasteiger partial charge < -0.3 is 33.8 Å². The molecular weight excluding hydrogens is 1450 g/mol. The molecular formula is C93H148O17P2. The van der Waals surface area contributed by atoms with E-state index >= 15 is 0 Å². The van der Waals surface area contributed by atoms with Crippen molar-refractivity contribution >= 4 is 39.5 Å². The highest BCUT2D eigenvalue weighted by Crippen LogP contribution is 2.45. The minimum Gasteiger partial charge on any atom is -0.462 e. The minimum absolute atomic E-state index is 0.0194. The van der Waals surface area contributed by atoms with Gasteiger partial charge in [0.25, 0.3) is 0 Å². The Kier molecular flexibility index (Phi) is 77.9. The molecule has 19 heteroatoms. The molecule has 17 nitrogen and oxygen atoms in total. The van der Waals surface area contributed by atoms with Gasteiger partial charge in [0.15, 0.2) is 12.2 Å². The van der Waals surface area contributed by atoms with Crippen molar-refractivity contribution in [2.45, 2.75) is 316 Å². The van der Waals surface area contributed by atoms with Crippen LogP contribution in [0.15, 0.2) is 207 Å². The van der Waals surface area contributed by atoms with Crippen molar-refractivity contribution in [1.29, 1.82) is 0 Å². The number of esters is 4. The topological polar surface area (TPSA) is 237 Å². The van der Waals surface area contributed by atoms with Crippen LogP contribution in [0.25, 0.3) is 0 Å². The van der Waals surface area contributed by atoms with Crippen molar-refractivity contribution in [3.8, 4) is 0 Å². The Morgan fingerprint density at radius 1 is 0.259 bits per heavy atom. The molecule has 0 aliphatic rings. The molecule has 0 heterocycles. The van der Waals surface area contributed by atoms with E-state index in [0.717, 1.165) is 186 Å². The fourth-order valence-corrected chi connectivity index (χ4v) is 12.0. The maximum atomic E-state index is 13.1. The highest BCUT2D eigenvalue weighted by atomic mass is 31.2.